The standard InChI is InChI=1S/C17H23NO4/c1-11(12-5-3-6-13(10-12)22-2)9-16(19)18-15-8-4-7-14(15)17(20)21/h3,5-6,10-11,14-15H,4,7-9H2,1-2H3,(H,18,19)(H,20,21)/t11?,14-,15+/m0/s1. The van der Waals surface area contributed by atoms with Gasteiger partial charge in [0.05, 0.1) is 13.0 Å². The third-order valence-electron chi connectivity index (χ3n) is 4.33. The number of aliphatic carboxylic acids is 1. The summed E-state index contributed by atoms with van der Waals surface area (Å²) < 4.78 is 5.19. The molecule has 3 atom stereocenters. The molecule has 1 aromatic rings. The van der Waals surface area contributed by atoms with E-state index in [4.69, 9.17) is 9.84 Å². The van der Waals surface area contributed by atoms with Crippen LogP contribution in [-0.4, -0.2) is 30.1 Å². The Kier molecular flexibility index (Phi) is 5.41. The highest BCUT2D eigenvalue weighted by atomic mass is 16.5. The van der Waals surface area contributed by atoms with Crippen LogP contribution in [0.3, 0.4) is 0 Å². The molecule has 0 spiro atoms. The summed E-state index contributed by atoms with van der Waals surface area (Å²) >= 11 is 0. The Morgan fingerprint density at radius 2 is 2.18 bits per heavy atom. The first-order valence-corrected chi connectivity index (χ1v) is 7.67. The Hall–Kier alpha value is -2.04. The molecule has 1 saturated carbocycles. The molecule has 1 aliphatic carbocycles. The van der Waals surface area contributed by atoms with Gasteiger partial charge in [-0.3, -0.25) is 9.59 Å². The lowest BCUT2D eigenvalue weighted by Gasteiger charge is -2.19. The lowest BCUT2D eigenvalue weighted by atomic mass is 9.96. The molecule has 1 aliphatic rings. The van der Waals surface area contributed by atoms with Gasteiger partial charge in [0, 0.05) is 12.5 Å². The zero-order chi connectivity index (χ0) is 16.1. The number of ether oxygens (including phenoxy) is 1. The molecule has 2 rings (SSSR count). The van der Waals surface area contributed by atoms with Crippen molar-refractivity contribution in [3.63, 3.8) is 0 Å². The molecule has 0 saturated heterocycles. The number of carboxylic acid groups (broad SMARTS) is 1. The lowest BCUT2D eigenvalue weighted by molar-refractivity contribution is -0.142. The predicted molar refractivity (Wildman–Crippen MR) is 82.9 cm³/mol. The van der Waals surface area contributed by atoms with Gasteiger partial charge in [0.1, 0.15) is 5.75 Å². The van der Waals surface area contributed by atoms with Gasteiger partial charge in [-0.1, -0.05) is 25.5 Å². The molecule has 1 fully saturated rings. The van der Waals surface area contributed by atoms with E-state index in [1.165, 1.54) is 0 Å². The summed E-state index contributed by atoms with van der Waals surface area (Å²) in [5.41, 5.74) is 1.04. The molecule has 1 aromatic carbocycles. The summed E-state index contributed by atoms with van der Waals surface area (Å²) in [5, 5.41) is 12.0. The minimum atomic E-state index is -0.816. The summed E-state index contributed by atoms with van der Waals surface area (Å²) in [5.74, 6) is -0.528. The zero-order valence-corrected chi connectivity index (χ0v) is 13.0. The molecular formula is C17H23NO4. The number of carbonyl (C=O) groups excluding carboxylic acids is 1. The number of benzene rings is 1. The van der Waals surface area contributed by atoms with Crippen molar-refractivity contribution in [2.24, 2.45) is 5.92 Å². The van der Waals surface area contributed by atoms with Crippen molar-refractivity contribution in [1.29, 1.82) is 0 Å². The topological polar surface area (TPSA) is 75.6 Å². The third kappa shape index (κ3) is 4.00. The van der Waals surface area contributed by atoms with E-state index in [0.29, 0.717) is 12.8 Å². The van der Waals surface area contributed by atoms with Crippen molar-refractivity contribution in [2.75, 3.05) is 7.11 Å². The van der Waals surface area contributed by atoms with Crippen molar-refractivity contribution >= 4 is 11.9 Å². The van der Waals surface area contributed by atoms with Gasteiger partial charge < -0.3 is 15.2 Å². The normalized spacial score (nSPS) is 22.1. The van der Waals surface area contributed by atoms with Crippen LogP contribution in [0.1, 0.15) is 44.1 Å². The fraction of sp³-hybridized carbons (Fsp3) is 0.529. The highest BCUT2D eigenvalue weighted by molar-refractivity contribution is 5.79. The smallest absolute Gasteiger partial charge is 0.308 e. The first-order valence-electron chi connectivity index (χ1n) is 7.67. The average molecular weight is 305 g/mol. The van der Waals surface area contributed by atoms with Gasteiger partial charge in [-0.2, -0.15) is 0 Å². The van der Waals surface area contributed by atoms with Crippen LogP contribution < -0.4 is 10.1 Å². The summed E-state index contributed by atoms with van der Waals surface area (Å²) in [6.45, 7) is 1.98. The van der Waals surface area contributed by atoms with Gasteiger partial charge >= 0.3 is 5.97 Å². The molecule has 1 amide bonds. The van der Waals surface area contributed by atoms with Crippen molar-refractivity contribution in [3.8, 4) is 5.75 Å². The van der Waals surface area contributed by atoms with E-state index in [1.807, 2.05) is 31.2 Å². The number of hydrogen-bond acceptors (Lipinski definition) is 3. The third-order valence-corrected chi connectivity index (χ3v) is 4.33. The van der Waals surface area contributed by atoms with E-state index in [1.54, 1.807) is 7.11 Å². The van der Waals surface area contributed by atoms with Crippen LogP contribution in [0.25, 0.3) is 0 Å². The second-order valence-electron chi connectivity index (χ2n) is 5.93. The zero-order valence-electron chi connectivity index (χ0n) is 13.0. The van der Waals surface area contributed by atoms with Crippen LogP contribution >= 0.6 is 0 Å². The van der Waals surface area contributed by atoms with Crippen molar-refractivity contribution < 1.29 is 19.4 Å². The van der Waals surface area contributed by atoms with Crippen LogP contribution in [0, 0.1) is 5.92 Å². The molecule has 0 heterocycles. The highest BCUT2D eigenvalue weighted by Gasteiger charge is 2.33. The molecule has 1 unspecified atom stereocenters. The van der Waals surface area contributed by atoms with E-state index < -0.39 is 11.9 Å². The Morgan fingerprint density at radius 3 is 2.86 bits per heavy atom. The van der Waals surface area contributed by atoms with Gasteiger partial charge in [0.2, 0.25) is 5.91 Å². The molecule has 5 nitrogen and oxygen atoms in total. The van der Waals surface area contributed by atoms with E-state index in [9.17, 15) is 9.59 Å². The maximum absolute atomic E-state index is 12.2. The Bertz CT molecular complexity index is 543. The maximum Gasteiger partial charge on any atom is 0.308 e. The summed E-state index contributed by atoms with van der Waals surface area (Å²) in [7, 11) is 1.61. The SMILES string of the molecule is COc1cccc(C(C)CC(=O)N[C@@H]2CCC[C@@H]2C(=O)O)c1. The Labute approximate surface area is 130 Å². The van der Waals surface area contributed by atoms with Crippen molar-refractivity contribution in [2.45, 2.75) is 44.6 Å². The number of rotatable bonds is 6. The predicted octanol–water partition coefficient (Wildman–Crippen LogP) is 2.56. The lowest BCUT2D eigenvalue weighted by Crippen LogP contribution is -2.40. The van der Waals surface area contributed by atoms with Crippen molar-refractivity contribution in [3.05, 3.63) is 29.8 Å². The number of methoxy groups -OCH3 is 1. The molecule has 5 heteroatoms. The van der Waals surface area contributed by atoms with E-state index >= 15 is 0 Å². The van der Waals surface area contributed by atoms with Crippen LogP contribution in [0.5, 0.6) is 5.75 Å². The van der Waals surface area contributed by atoms with E-state index in [2.05, 4.69) is 5.32 Å². The van der Waals surface area contributed by atoms with Crippen LogP contribution in [0.15, 0.2) is 24.3 Å². The summed E-state index contributed by atoms with van der Waals surface area (Å²) in [6.07, 6.45) is 2.59. The van der Waals surface area contributed by atoms with Gasteiger partial charge in [-0.15, -0.1) is 0 Å². The molecule has 2 N–H and O–H groups in total. The Balaban J connectivity index is 1.92. The van der Waals surface area contributed by atoms with E-state index in [-0.39, 0.29) is 17.9 Å². The number of nitrogens with one attached hydrogen (secondary N) is 1. The fourth-order valence-electron chi connectivity index (χ4n) is 3.04. The molecule has 0 aromatic heterocycles. The first-order chi connectivity index (χ1) is 10.5. The van der Waals surface area contributed by atoms with Crippen LogP contribution in [0.4, 0.5) is 0 Å². The molecule has 0 radical (unpaired) electrons. The van der Waals surface area contributed by atoms with Crippen LogP contribution in [-0.2, 0) is 9.59 Å². The second kappa shape index (κ2) is 7.29. The molecule has 120 valence electrons. The minimum absolute atomic E-state index is 0.0554. The number of carbonyl (C=O) groups is 2. The minimum Gasteiger partial charge on any atom is -0.497 e. The summed E-state index contributed by atoms with van der Waals surface area (Å²) in [4.78, 5) is 23.3. The second-order valence-corrected chi connectivity index (χ2v) is 5.93. The number of hydrogen-bond donors (Lipinski definition) is 2. The maximum atomic E-state index is 12.2. The summed E-state index contributed by atoms with van der Waals surface area (Å²) in [6, 6.07) is 7.43. The monoisotopic (exact) mass is 305 g/mol. The average Bonchev–Trinajstić information content (AvgIpc) is 2.95. The molecule has 0 aliphatic heterocycles. The molecule has 0 bridgehead atoms. The highest BCUT2D eigenvalue weighted by Crippen LogP contribution is 2.27. The van der Waals surface area contributed by atoms with Gasteiger partial charge in [-0.25, -0.2) is 0 Å². The van der Waals surface area contributed by atoms with Crippen LogP contribution in [0.2, 0.25) is 0 Å². The van der Waals surface area contributed by atoms with E-state index in [0.717, 1.165) is 24.2 Å². The fourth-order valence-corrected chi connectivity index (χ4v) is 3.04. The molecule has 22 heavy (non-hydrogen) atoms. The largest absolute Gasteiger partial charge is 0.497 e. The number of carboxylic acids is 1. The van der Waals surface area contributed by atoms with Crippen molar-refractivity contribution in [1.82, 2.24) is 5.32 Å². The first kappa shape index (κ1) is 16.3. The van der Waals surface area contributed by atoms with Gasteiger partial charge in [0.15, 0.2) is 0 Å². The quantitative estimate of drug-likeness (QED) is 0.847. The number of amides is 1. The molecular weight excluding hydrogens is 282 g/mol. The Morgan fingerprint density at radius 1 is 1.41 bits per heavy atom. The van der Waals surface area contributed by atoms with Gasteiger partial charge in [-0.05, 0) is 36.5 Å². The van der Waals surface area contributed by atoms with Gasteiger partial charge in [0.25, 0.3) is 0 Å².